The molecule has 1 atom stereocenters. The lowest BCUT2D eigenvalue weighted by Gasteiger charge is -2.33. The first-order chi connectivity index (χ1) is 8.70. The third-order valence-corrected chi connectivity index (χ3v) is 2.60. The van der Waals surface area contributed by atoms with Crippen LogP contribution >= 0.6 is 0 Å². The summed E-state index contributed by atoms with van der Waals surface area (Å²) in [6, 6.07) is 0. The lowest BCUT2D eigenvalue weighted by atomic mass is 10.0. The molecule has 0 bridgehead atoms. The molecule has 0 rings (SSSR count). The van der Waals surface area contributed by atoms with Crippen LogP contribution in [0.4, 0.5) is 39.5 Å². The highest BCUT2D eigenvalue weighted by molar-refractivity contribution is 5.00. The van der Waals surface area contributed by atoms with Gasteiger partial charge in [-0.3, -0.25) is 0 Å². The van der Waals surface area contributed by atoms with Gasteiger partial charge in [-0.05, 0) is 13.3 Å². The molecule has 0 aromatic rings. The molecule has 0 aromatic carbocycles. The van der Waals surface area contributed by atoms with E-state index in [1.54, 1.807) is 6.92 Å². The summed E-state index contributed by atoms with van der Waals surface area (Å²) in [7, 11) is 0. The Labute approximate surface area is 109 Å². The van der Waals surface area contributed by atoms with Crippen molar-refractivity contribution in [3.8, 4) is 0 Å². The van der Waals surface area contributed by atoms with Crippen molar-refractivity contribution in [2.45, 2.75) is 56.7 Å². The van der Waals surface area contributed by atoms with Crippen LogP contribution in [0.25, 0.3) is 0 Å². The molecular weight excluding hydrogens is 307 g/mol. The van der Waals surface area contributed by atoms with Crippen LogP contribution in [0.2, 0.25) is 0 Å². The minimum absolute atomic E-state index is 0.334. The number of halogens is 9. The Balaban J connectivity index is 4.98. The Bertz CT molecular complexity index is 310. The van der Waals surface area contributed by atoms with Gasteiger partial charge >= 0.3 is 23.9 Å². The van der Waals surface area contributed by atoms with Gasteiger partial charge in [-0.25, -0.2) is 0 Å². The summed E-state index contributed by atoms with van der Waals surface area (Å²) < 4.78 is 116. The van der Waals surface area contributed by atoms with Crippen molar-refractivity contribution < 1.29 is 44.3 Å². The predicted octanol–water partition coefficient (Wildman–Crippen LogP) is 4.66. The van der Waals surface area contributed by atoms with E-state index >= 15 is 0 Å². The normalized spacial score (nSPS) is 16.4. The van der Waals surface area contributed by atoms with Crippen molar-refractivity contribution in [2.24, 2.45) is 0 Å². The van der Waals surface area contributed by atoms with E-state index in [2.05, 4.69) is 4.74 Å². The highest BCUT2D eigenvalue weighted by Crippen LogP contribution is 2.53. The van der Waals surface area contributed by atoms with Crippen LogP contribution in [0.3, 0.4) is 0 Å². The van der Waals surface area contributed by atoms with E-state index in [4.69, 9.17) is 0 Å². The first kappa shape index (κ1) is 19.3. The van der Waals surface area contributed by atoms with Crippen molar-refractivity contribution in [1.29, 1.82) is 0 Å². The second-order valence-corrected chi connectivity index (χ2v) is 4.19. The second kappa shape index (κ2) is 5.98. The maximum absolute atomic E-state index is 13.0. The van der Waals surface area contributed by atoms with Gasteiger partial charge in [-0.15, -0.1) is 0 Å². The van der Waals surface area contributed by atoms with Crippen LogP contribution in [0.15, 0.2) is 0 Å². The van der Waals surface area contributed by atoms with Gasteiger partial charge in [-0.1, -0.05) is 6.92 Å². The molecule has 0 N–H and O–H groups in total. The minimum atomic E-state index is -6.83. The zero-order valence-corrected chi connectivity index (χ0v) is 10.5. The summed E-state index contributed by atoms with van der Waals surface area (Å²) in [6.45, 7) is 1.92. The maximum Gasteiger partial charge on any atom is 0.460 e. The second-order valence-electron chi connectivity index (χ2n) is 4.19. The lowest BCUT2D eigenvalue weighted by molar-refractivity contribution is -0.397. The van der Waals surface area contributed by atoms with Gasteiger partial charge in [-0.2, -0.15) is 39.5 Å². The van der Waals surface area contributed by atoms with Crippen LogP contribution in [0.5, 0.6) is 0 Å². The van der Waals surface area contributed by atoms with E-state index in [0.29, 0.717) is 6.42 Å². The summed E-state index contributed by atoms with van der Waals surface area (Å²) in [5, 5.41) is 0. The van der Waals surface area contributed by atoms with Crippen LogP contribution in [0.1, 0.15) is 26.7 Å². The highest BCUT2D eigenvalue weighted by atomic mass is 19.4. The van der Waals surface area contributed by atoms with Crippen molar-refractivity contribution in [2.75, 3.05) is 6.61 Å². The maximum atomic E-state index is 13.0. The monoisotopic (exact) mass is 320 g/mol. The number of ether oxygens (including phenoxy) is 1. The smallest absolute Gasteiger partial charge is 0.378 e. The van der Waals surface area contributed by atoms with Crippen LogP contribution < -0.4 is 0 Å². The topological polar surface area (TPSA) is 9.23 Å². The fourth-order valence-corrected chi connectivity index (χ4v) is 1.07. The molecule has 0 radical (unpaired) electrons. The molecular formula is C10H13F9O. The molecule has 0 amide bonds. The van der Waals surface area contributed by atoms with E-state index in [1.807, 2.05) is 0 Å². The Morgan fingerprint density at radius 2 is 1.30 bits per heavy atom. The van der Waals surface area contributed by atoms with Crippen molar-refractivity contribution in [1.82, 2.24) is 0 Å². The van der Waals surface area contributed by atoms with Crippen molar-refractivity contribution >= 4 is 0 Å². The predicted molar refractivity (Wildman–Crippen MR) is 51.2 cm³/mol. The number of hydrogen-bond donors (Lipinski definition) is 0. The summed E-state index contributed by atoms with van der Waals surface area (Å²) in [5.41, 5.74) is 0. The van der Waals surface area contributed by atoms with E-state index in [-0.39, 0.29) is 0 Å². The third kappa shape index (κ3) is 3.70. The summed E-state index contributed by atoms with van der Waals surface area (Å²) >= 11 is 0. The minimum Gasteiger partial charge on any atom is -0.378 e. The van der Waals surface area contributed by atoms with E-state index in [1.165, 1.54) is 6.92 Å². The Kier molecular flexibility index (Phi) is 5.78. The lowest BCUT2D eigenvalue weighted by Crippen LogP contribution is -2.61. The number of alkyl halides is 9. The first-order valence-electron chi connectivity index (χ1n) is 5.52. The van der Waals surface area contributed by atoms with Gasteiger partial charge in [0.25, 0.3) is 0 Å². The van der Waals surface area contributed by atoms with Crippen LogP contribution in [-0.2, 0) is 4.74 Å². The zero-order valence-electron chi connectivity index (χ0n) is 10.5. The number of hydrogen-bond acceptors (Lipinski definition) is 1. The standard InChI is InChI=1S/C10H13F9O/c1-3-6(2)20-5-4-7(11,12)8(13,14)9(15,16)10(17,18)19/h6H,3-5H2,1-2H3. The molecule has 20 heavy (non-hydrogen) atoms. The molecule has 0 aliphatic rings. The number of rotatable bonds is 7. The van der Waals surface area contributed by atoms with Gasteiger partial charge in [0.15, 0.2) is 0 Å². The molecule has 1 unspecified atom stereocenters. The molecule has 10 heteroatoms. The molecule has 0 aliphatic carbocycles. The van der Waals surface area contributed by atoms with Gasteiger partial charge < -0.3 is 4.74 Å². The van der Waals surface area contributed by atoms with E-state index in [0.717, 1.165) is 0 Å². The largest absolute Gasteiger partial charge is 0.460 e. The molecule has 0 heterocycles. The average Bonchev–Trinajstić information content (AvgIpc) is 2.26. The van der Waals surface area contributed by atoms with Gasteiger partial charge in [0.2, 0.25) is 0 Å². The fraction of sp³-hybridized carbons (Fsp3) is 1.00. The summed E-state index contributed by atoms with van der Waals surface area (Å²) in [4.78, 5) is 0. The summed E-state index contributed by atoms with van der Waals surface area (Å²) in [5.74, 6) is -18.9. The molecule has 0 spiro atoms. The van der Waals surface area contributed by atoms with Gasteiger partial charge in [0, 0.05) is 6.42 Å². The molecule has 0 aliphatic heterocycles. The van der Waals surface area contributed by atoms with Crippen LogP contribution in [-0.4, -0.2) is 36.7 Å². The molecule has 1 nitrogen and oxygen atoms in total. The molecule has 0 fully saturated rings. The van der Waals surface area contributed by atoms with Gasteiger partial charge in [0.1, 0.15) is 0 Å². The van der Waals surface area contributed by atoms with Gasteiger partial charge in [0.05, 0.1) is 12.7 Å². The van der Waals surface area contributed by atoms with Crippen molar-refractivity contribution in [3.05, 3.63) is 0 Å². The Hall–Kier alpha value is -0.670. The molecule has 122 valence electrons. The zero-order chi connectivity index (χ0) is 16.4. The third-order valence-electron chi connectivity index (χ3n) is 2.60. The first-order valence-corrected chi connectivity index (χ1v) is 5.52. The average molecular weight is 320 g/mol. The van der Waals surface area contributed by atoms with Crippen molar-refractivity contribution in [3.63, 3.8) is 0 Å². The van der Waals surface area contributed by atoms with Crippen LogP contribution in [0, 0.1) is 0 Å². The van der Waals surface area contributed by atoms with E-state index in [9.17, 15) is 39.5 Å². The SMILES string of the molecule is CCC(C)OCCC(F)(F)C(F)(F)C(F)(F)C(F)(F)F. The quantitative estimate of drug-likeness (QED) is 0.620. The van der Waals surface area contributed by atoms with E-state index < -0.39 is 43.1 Å². The molecule has 0 saturated carbocycles. The fourth-order valence-electron chi connectivity index (χ4n) is 1.07. The molecule has 0 aromatic heterocycles. The summed E-state index contributed by atoms with van der Waals surface area (Å²) in [6.07, 6.45) is -9.00. The Morgan fingerprint density at radius 3 is 1.65 bits per heavy atom. The Morgan fingerprint density at radius 1 is 0.850 bits per heavy atom. The highest BCUT2D eigenvalue weighted by Gasteiger charge is 2.81. The molecule has 0 saturated heterocycles.